The highest BCUT2D eigenvalue weighted by atomic mass is 35.5. The van der Waals surface area contributed by atoms with Crippen molar-refractivity contribution in [1.82, 2.24) is 14.3 Å². The van der Waals surface area contributed by atoms with E-state index >= 15 is 0 Å². The van der Waals surface area contributed by atoms with E-state index in [0.717, 1.165) is 34.0 Å². The maximum absolute atomic E-state index is 6.10. The summed E-state index contributed by atoms with van der Waals surface area (Å²) in [6.07, 6.45) is 1.86. The van der Waals surface area contributed by atoms with E-state index in [-0.39, 0.29) is 5.41 Å². The molecular formula is C24H29ClN4OS. The molecule has 0 aliphatic carbocycles. The van der Waals surface area contributed by atoms with Gasteiger partial charge in [0, 0.05) is 29.6 Å². The molecule has 3 rings (SSSR count). The minimum Gasteiger partial charge on any atom is -0.430 e. The van der Waals surface area contributed by atoms with Crippen LogP contribution in [0, 0.1) is 13.8 Å². The summed E-state index contributed by atoms with van der Waals surface area (Å²) < 4.78 is 10.7. The minimum atomic E-state index is -0.353. The predicted molar refractivity (Wildman–Crippen MR) is 131 cm³/mol. The summed E-state index contributed by atoms with van der Waals surface area (Å²) in [4.78, 5) is 11.4. The molecule has 5 nitrogen and oxygen atoms in total. The molecular weight excluding hydrogens is 428 g/mol. The van der Waals surface area contributed by atoms with Crippen molar-refractivity contribution in [1.29, 1.82) is 0 Å². The number of aliphatic imine (C=N–C) groups is 1. The number of benzene rings is 2. The lowest BCUT2D eigenvalue weighted by molar-refractivity contribution is 0.429. The Morgan fingerprint density at radius 3 is 2.45 bits per heavy atom. The number of aryl methyl sites for hydroxylation is 2. The van der Waals surface area contributed by atoms with Crippen LogP contribution in [0.3, 0.4) is 0 Å². The topological polar surface area (TPSA) is 50.6 Å². The first-order valence-corrected chi connectivity index (χ1v) is 11.4. The molecule has 0 amide bonds. The second kappa shape index (κ2) is 9.37. The van der Waals surface area contributed by atoms with Crippen molar-refractivity contribution in [2.24, 2.45) is 4.99 Å². The SMILES string of the molecule is Cc1cc(Oc2nc(C(C)(C)c3ccc(Cl)cc3)ns2)c(C)cc1N=CN(C)C(C)C. The highest BCUT2D eigenvalue weighted by Gasteiger charge is 2.28. The van der Waals surface area contributed by atoms with Gasteiger partial charge in [-0.15, -0.1) is 0 Å². The largest absolute Gasteiger partial charge is 0.430 e. The molecule has 0 atom stereocenters. The molecule has 0 N–H and O–H groups in total. The number of hydrogen-bond acceptors (Lipinski definition) is 5. The summed E-state index contributed by atoms with van der Waals surface area (Å²) in [6.45, 7) is 12.5. The van der Waals surface area contributed by atoms with Crippen LogP contribution in [0.4, 0.5) is 5.69 Å². The lowest BCUT2D eigenvalue weighted by Crippen LogP contribution is -2.24. The number of hydrogen-bond donors (Lipinski definition) is 0. The molecule has 0 aliphatic rings. The summed E-state index contributed by atoms with van der Waals surface area (Å²) >= 11 is 7.29. The maximum Gasteiger partial charge on any atom is 0.298 e. The Balaban J connectivity index is 1.80. The van der Waals surface area contributed by atoms with Gasteiger partial charge in [-0.3, -0.25) is 0 Å². The van der Waals surface area contributed by atoms with E-state index in [1.807, 2.05) is 63.6 Å². The van der Waals surface area contributed by atoms with Crippen molar-refractivity contribution in [3.05, 3.63) is 63.9 Å². The number of halogens is 1. The third-order valence-corrected chi connectivity index (χ3v) is 6.26. The summed E-state index contributed by atoms with van der Waals surface area (Å²) in [7, 11) is 2.02. The monoisotopic (exact) mass is 456 g/mol. The molecule has 31 heavy (non-hydrogen) atoms. The number of rotatable bonds is 7. The van der Waals surface area contributed by atoms with Crippen molar-refractivity contribution >= 4 is 35.2 Å². The van der Waals surface area contributed by atoms with Crippen molar-refractivity contribution in [3.8, 4) is 10.9 Å². The molecule has 2 aromatic carbocycles. The first-order valence-electron chi connectivity index (χ1n) is 10.2. The Kier molecular flexibility index (Phi) is 7.02. The van der Waals surface area contributed by atoms with Crippen molar-refractivity contribution in [2.75, 3.05) is 7.05 Å². The highest BCUT2D eigenvalue weighted by Crippen LogP contribution is 2.36. The van der Waals surface area contributed by atoms with Crippen LogP contribution >= 0.6 is 23.1 Å². The first kappa shape index (κ1) is 23.2. The Morgan fingerprint density at radius 1 is 1.13 bits per heavy atom. The third kappa shape index (κ3) is 5.43. The van der Waals surface area contributed by atoms with Gasteiger partial charge in [-0.1, -0.05) is 23.7 Å². The molecule has 164 valence electrons. The van der Waals surface area contributed by atoms with E-state index < -0.39 is 0 Å². The van der Waals surface area contributed by atoms with Gasteiger partial charge in [0.15, 0.2) is 5.82 Å². The lowest BCUT2D eigenvalue weighted by Gasteiger charge is -2.21. The van der Waals surface area contributed by atoms with E-state index in [1.54, 1.807) is 0 Å². The third-order valence-electron chi connectivity index (χ3n) is 5.42. The van der Waals surface area contributed by atoms with Crippen molar-refractivity contribution in [2.45, 2.75) is 53.0 Å². The zero-order valence-corrected chi connectivity index (χ0v) is 20.7. The Bertz CT molecular complexity index is 1070. The molecule has 0 spiro atoms. The van der Waals surface area contributed by atoms with E-state index in [1.165, 1.54) is 11.5 Å². The van der Waals surface area contributed by atoms with Gasteiger partial charge in [0.25, 0.3) is 5.19 Å². The second-order valence-corrected chi connectivity index (χ2v) is 9.68. The van der Waals surface area contributed by atoms with E-state index in [9.17, 15) is 0 Å². The molecule has 7 heteroatoms. The van der Waals surface area contributed by atoms with Crippen molar-refractivity contribution in [3.63, 3.8) is 0 Å². The van der Waals surface area contributed by atoms with Gasteiger partial charge >= 0.3 is 0 Å². The van der Waals surface area contributed by atoms with E-state index in [2.05, 4.69) is 46.9 Å². The van der Waals surface area contributed by atoms with Crippen LogP contribution in [0.1, 0.15) is 50.2 Å². The van der Waals surface area contributed by atoms with Crippen LogP contribution in [0.5, 0.6) is 10.9 Å². The van der Waals surface area contributed by atoms with Crippen molar-refractivity contribution < 1.29 is 4.74 Å². The zero-order chi connectivity index (χ0) is 22.8. The highest BCUT2D eigenvalue weighted by molar-refractivity contribution is 7.07. The van der Waals surface area contributed by atoms with E-state index in [0.29, 0.717) is 16.3 Å². The summed E-state index contributed by atoms with van der Waals surface area (Å²) in [6, 6.07) is 12.2. The normalized spacial score (nSPS) is 12.0. The zero-order valence-electron chi connectivity index (χ0n) is 19.1. The minimum absolute atomic E-state index is 0.353. The van der Waals surface area contributed by atoms with Crippen LogP contribution in [-0.4, -0.2) is 33.7 Å². The fourth-order valence-electron chi connectivity index (χ4n) is 2.90. The number of ether oxygens (including phenoxy) is 1. The molecule has 1 aromatic heterocycles. The van der Waals surface area contributed by atoms with Crippen LogP contribution in [-0.2, 0) is 5.41 Å². The summed E-state index contributed by atoms with van der Waals surface area (Å²) in [5, 5.41) is 1.24. The Morgan fingerprint density at radius 2 is 1.81 bits per heavy atom. The standard InChI is InChI=1S/C24H29ClN4OS/c1-15(2)29(7)14-26-20-12-17(4)21(13-16(20)3)30-23-27-22(28-31-23)24(5,6)18-8-10-19(25)11-9-18/h8-15H,1-7H3. The molecule has 0 unspecified atom stereocenters. The van der Waals surface area contributed by atoms with Gasteiger partial charge in [-0.05, 0) is 82.5 Å². The lowest BCUT2D eigenvalue weighted by atomic mass is 9.84. The van der Waals surface area contributed by atoms with Gasteiger partial charge < -0.3 is 9.64 Å². The van der Waals surface area contributed by atoms with Gasteiger partial charge in [-0.2, -0.15) is 9.36 Å². The van der Waals surface area contributed by atoms with Crippen LogP contribution < -0.4 is 4.74 Å². The molecule has 0 fully saturated rings. The Labute approximate surface area is 193 Å². The van der Waals surface area contributed by atoms with E-state index in [4.69, 9.17) is 16.3 Å². The summed E-state index contributed by atoms with van der Waals surface area (Å²) in [5.74, 6) is 1.49. The predicted octanol–water partition coefficient (Wildman–Crippen LogP) is 6.93. The average Bonchev–Trinajstić information content (AvgIpc) is 3.19. The average molecular weight is 457 g/mol. The smallest absolute Gasteiger partial charge is 0.298 e. The van der Waals surface area contributed by atoms with Crippen LogP contribution in [0.25, 0.3) is 0 Å². The van der Waals surface area contributed by atoms with Crippen LogP contribution in [0.15, 0.2) is 41.4 Å². The maximum atomic E-state index is 6.10. The van der Waals surface area contributed by atoms with Crippen LogP contribution in [0.2, 0.25) is 5.02 Å². The molecule has 0 saturated heterocycles. The molecule has 0 bridgehead atoms. The fourth-order valence-corrected chi connectivity index (χ4v) is 3.72. The quantitative estimate of drug-likeness (QED) is 0.286. The van der Waals surface area contributed by atoms with Gasteiger partial charge in [0.2, 0.25) is 0 Å². The van der Waals surface area contributed by atoms with Gasteiger partial charge in [-0.25, -0.2) is 4.99 Å². The second-order valence-electron chi connectivity index (χ2n) is 8.53. The molecule has 3 aromatic rings. The number of nitrogens with zero attached hydrogens (tertiary/aromatic N) is 4. The molecule has 1 heterocycles. The molecule has 0 radical (unpaired) electrons. The number of aromatic nitrogens is 2. The molecule has 0 aliphatic heterocycles. The van der Waals surface area contributed by atoms with Gasteiger partial charge in [0.05, 0.1) is 17.4 Å². The summed E-state index contributed by atoms with van der Waals surface area (Å²) in [5.41, 5.74) is 3.72. The Hall–Kier alpha value is -2.44. The molecule has 0 saturated carbocycles. The fraction of sp³-hybridized carbons (Fsp3) is 0.375. The first-order chi connectivity index (χ1) is 14.6. The van der Waals surface area contributed by atoms with Gasteiger partial charge in [0.1, 0.15) is 5.75 Å².